The third-order valence-electron chi connectivity index (χ3n) is 4.02. The highest BCUT2D eigenvalue weighted by Crippen LogP contribution is 2.21. The molecule has 29 heavy (non-hydrogen) atoms. The lowest BCUT2D eigenvalue weighted by molar-refractivity contribution is 0.100. The molecule has 1 amide bonds. The summed E-state index contributed by atoms with van der Waals surface area (Å²) >= 11 is 0. The van der Waals surface area contributed by atoms with Crippen molar-refractivity contribution in [3.63, 3.8) is 0 Å². The lowest BCUT2D eigenvalue weighted by Crippen LogP contribution is -2.27. The van der Waals surface area contributed by atoms with Gasteiger partial charge in [0.25, 0.3) is 5.91 Å². The second-order valence-electron chi connectivity index (χ2n) is 7.79. The molecule has 1 aromatic heterocycles. The Kier molecular flexibility index (Phi) is 5.73. The van der Waals surface area contributed by atoms with Gasteiger partial charge in [-0.15, -0.1) is 0 Å². The molecule has 0 aliphatic rings. The zero-order valence-corrected chi connectivity index (χ0v) is 17.0. The largest absolute Gasteiger partial charge is 0.365 e. The number of nitrogens with one attached hydrogen (secondary N) is 2. The Bertz CT molecular complexity index is 1040. The van der Waals surface area contributed by atoms with Crippen molar-refractivity contribution in [3.8, 4) is 11.4 Å². The van der Waals surface area contributed by atoms with Gasteiger partial charge in [-0.25, -0.2) is 9.97 Å². The quantitative estimate of drug-likeness (QED) is 0.613. The Hall–Kier alpha value is -3.54. The van der Waals surface area contributed by atoms with Crippen LogP contribution in [0.5, 0.6) is 0 Å². The monoisotopic (exact) mass is 388 g/mol. The molecule has 0 aliphatic carbocycles. The molecule has 3 aromatic rings. The SMILES string of the molecule is CC(=O)c1cccc(NC(=O)c2cc(NC(C)(C)C)nc(-c3ccccc3)n2)c1. The van der Waals surface area contributed by atoms with Gasteiger partial charge >= 0.3 is 0 Å². The van der Waals surface area contributed by atoms with Crippen molar-refractivity contribution in [3.05, 3.63) is 71.9 Å². The highest BCUT2D eigenvalue weighted by Gasteiger charge is 2.17. The summed E-state index contributed by atoms with van der Waals surface area (Å²) < 4.78 is 0. The molecule has 0 atom stereocenters. The predicted octanol–water partition coefficient (Wildman–Crippen LogP) is 4.81. The van der Waals surface area contributed by atoms with E-state index in [1.165, 1.54) is 6.92 Å². The van der Waals surface area contributed by atoms with E-state index < -0.39 is 0 Å². The van der Waals surface area contributed by atoms with Gasteiger partial charge in [-0.2, -0.15) is 0 Å². The number of carbonyl (C=O) groups is 2. The smallest absolute Gasteiger partial charge is 0.274 e. The van der Waals surface area contributed by atoms with E-state index in [2.05, 4.69) is 20.6 Å². The topological polar surface area (TPSA) is 84.0 Å². The zero-order valence-electron chi connectivity index (χ0n) is 17.0. The summed E-state index contributed by atoms with van der Waals surface area (Å²) in [7, 11) is 0. The number of nitrogens with zero attached hydrogens (tertiary/aromatic N) is 2. The molecule has 2 N–H and O–H groups in total. The number of benzene rings is 2. The van der Waals surface area contributed by atoms with Gasteiger partial charge in [-0.1, -0.05) is 42.5 Å². The maximum absolute atomic E-state index is 12.9. The molecule has 0 saturated carbocycles. The molecule has 0 fully saturated rings. The van der Waals surface area contributed by atoms with Crippen LogP contribution in [0, 0.1) is 0 Å². The van der Waals surface area contributed by atoms with Crippen molar-refractivity contribution in [1.29, 1.82) is 0 Å². The third-order valence-corrected chi connectivity index (χ3v) is 4.02. The summed E-state index contributed by atoms with van der Waals surface area (Å²) in [6.07, 6.45) is 0. The standard InChI is InChI=1S/C23H24N4O2/c1-15(28)17-11-8-12-18(13-17)24-22(29)19-14-20(27-23(2,3)4)26-21(25-19)16-9-6-5-7-10-16/h5-14H,1-4H3,(H,24,29)(H,25,26,27). The molecule has 6 nitrogen and oxygen atoms in total. The fraction of sp³-hybridized carbons (Fsp3) is 0.217. The minimum Gasteiger partial charge on any atom is -0.365 e. The normalized spacial score (nSPS) is 11.0. The number of rotatable bonds is 5. The van der Waals surface area contributed by atoms with Gasteiger partial charge in [0.05, 0.1) is 0 Å². The van der Waals surface area contributed by atoms with E-state index in [4.69, 9.17) is 0 Å². The number of carbonyl (C=O) groups excluding carboxylic acids is 2. The number of amides is 1. The van der Waals surface area contributed by atoms with Crippen LogP contribution in [0.3, 0.4) is 0 Å². The van der Waals surface area contributed by atoms with Gasteiger partial charge in [0, 0.05) is 28.4 Å². The molecular weight excluding hydrogens is 364 g/mol. The van der Waals surface area contributed by atoms with Crippen LogP contribution < -0.4 is 10.6 Å². The highest BCUT2D eigenvalue weighted by atomic mass is 16.2. The molecule has 0 spiro atoms. The summed E-state index contributed by atoms with van der Waals surface area (Å²) in [6, 6.07) is 18.0. The van der Waals surface area contributed by atoms with E-state index >= 15 is 0 Å². The van der Waals surface area contributed by atoms with E-state index in [1.54, 1.807) is 30.3 Å². The highest BCUT2D eigenvalue weighted by molar-refractivity contribution is 6.04. The number of Topliss-reactive ketones (excluding diaryl/α,β-unsaturated/α-hetero) is 1. The van der Waals surface area contributed by atoms with Crippen LogP contribution in [0.1, 0.15) is 48.5 Å². The van der Waals surface area contributed by atoms with Crippen LogP contribution in [0.4, 0.5) is 11.5 Å². The van der Waals surface area contributed by atoms with Crippen LogP contribution in [0.15, 0.2) is 60.7 Å². The first-order chi connectivity index (χ1) is 13.7. The van der Waals surface area contributed by atoms with E-state index in [-0.39, 0.29) is 22.9 Å². The van der Waals surface area contributed by atoms with Crippen molar-refractivity contribution >= 4 is 23.2 Å². The summed E-state index contributed by atoms with van der Waals surface area (Å²) in [6.45, 7) is 7.54. The lowest BCUT2D eigenvalue weighted by atomic mass is 10.1. The van der Waals surface area contributed by atoms with Crippen molar-refractivity contribution in [2.75, 3.05) is 10.6 Å². The van der Waals surface area contributed by atoms with Gasteiger partial charge in [0.15, 0.2) is 11.6 Å². The Labute approximate surface area is 170 Å². The van der Waals surface area contributed by atoms with E-state index in [1.807, 2.05) is 51.1 Å². The summed E-state index contributed by atoms with van der Waals surface area (Å²) in [4.78, 5) is 33.5. The first-order valence-electron chi connectivity index (χ1n) is 9.36. The molecule has 0 saturated heterocycles. The zero-order chi connectivity index (χ0) is 21.0. The Balaban J connectivity index is 1.96. The average molecular weight is 388 g/mol. The Morgan fingerprint density at radius 1 is 0.897 bits per heavy atom. The molecule has 0 unspecified atom stereocenters. The fourth-order valence-electron chi connectivity index (χ4n) is 2.74. The number of aromatic nitrogens is 2. The molecule has 148 valence electrons. The van der Waals surface area contributed by atoms with Crippen LogP contribution >= 0.6 is 0 Å². The molecule has 0 radical (unpaired) electrons. The van der Waals surface area contributed by atoms with Gasteiger partial charge < -0.3 is 10.6 Å². The van der Waals surface area contributed by atoms with Crippen molar-refractivity contribution < 1.29 is 9.59 Å². The summed E-state index contributed by atoms with van der Waals surface area (Å²) in [5.41, 5.74) is 1.89. The van der Waals surface area contributed by atoms with E-state index in [0.717, 1.165) is 5.56 Å². The van der Waals surface area contributed by atoms with Gasteiger partial charge in [0.1, 0.15) is 11.5 Å². The summed E-state index contributed by atoms with van der Waals surface area (Å²) in [5, 5.41) is 6.11. The number of anilines is 2. The number of ketones is 1. The molecule has 2 aromatic carbocycles. The van der Waals surface area contributed by atoms with Gasteiger partial charge in [-0.05, 0) is 39.8 Å². The van der Waals surface area contributed by atoms with E-state index in [9.17, 15) is 9.59 Å². The molecule has 3 rings (SSSR count). The lowest BCUT2D eigenvalue weighted by Gasteiger charge is -2.22. The van der Waals surface area contributed by atoms with Crippen molar-refractivity contribution in [1.82, 2.24) is 9.97 Å². The van der Waals surface area contributed by atoms with Crippen LogP contribution in [0.2, 0.25) is 0 Å². The van der Waals surface area contributed by atoms with Crippen molar-refractivity contribution in [2.24, 2.45) is 0 Å². The second-order valence-corrected chi connectivity index (χ2v) is 7.79. The van der Waals surface area contributed by atoms with Crippen molar-refractivity contribution in [2.45, 2.75) is 33.2 Å². The predicted molar refractivity (Wildman–Crippen MR) is 115 cm³/mol. The Morgan fingerprint density at radius 2 is 1.62 bits per heavy atom. The number of hydrogen-bond donors (Lipinski definition) is 2. The van der Waals surface area contributed by atoms with Gasteiger partial charge in [-0.3, -0.25) is 9.59 Å². The minimum atomic E-state index is -0.373. The van der Waals surface area contributed by atoms with Crippen LogP contribution in [0.25, 0.3) is 11.4 Å². The second kappa shape index (κ2) is 8.22. The molecular formula is C23H24N4O2. The molecule has 0 bridgehead atoms. The Morgan fingerprint density at radius 3 is 2.28 bits per heavy atom. The number of hydrogen-bond acceptors (Lipinski definition) is 5. The first kappa shape index (κ1) is 20.2. The molecule has 6 heteroatoms. The molecule has 1 heterocycles. The van der Waals surface area contributed by atoms with E-state index in [0.29, 0.717) is 22.9 Å². The van der Waals surface area contributed by atoms with Crippen LogP contribution in [-0.4, -0.2) is 27.2 Å². The first-order valence-corrected chi connectivity index (χ1v) is 9.36. The third kappa shape index (κ3) is 5.48. The fourth-order valence-corrected chi connectivity index (χ4v) is 2.74. The van der Waals surface area contributed by atoms with Crippen LogP contribution in [-0.2, 0) is 0 Å². The average Bonchev–Trinajstić information content (AvgIpc) is 2.67. The molecule has 0 aliphatic heterocycles. The minimum absolute atomic E-state index is 0.0637. The maximum Gasteiger partial charge on any atom is 0.274 e. The summed E-state index contributed by atoms with van der Waals surface area (Å²) in [5.74, 6) is 0.588. The van der Waals surface area contributed by atoms with Gasteiger partial charge in [0.2, 0.25) is 0 Å². The maximum atomic E-state index is 12.9.